The molecule has 230 valence electrons. The molecule has 1 atom stereocenters. The van der Waals surface area contributed by atoms with Gasteiger partial charge >= 0.3 is 0 Å². The molecule has 0 saturated carbocycles. The predicted octanol–water partition coefficient (Wildman–Crippen LogP) is 8.64. The number of thioether (sulfide) groups is 1. The third-order valence-corrected chi connectivity index (χ3v) is 8.63. The van der Waals surface area contributed by atoms with Gasteiger partial charge in [-0.25, -0.2) is 0 Å². The monoisotopic (exact) mass is 625 g/mol. The maximum atomic E-state index is 14.0. The summed E-state index contributed by atoms with van der Waals surface area (Å²) >= 11 is 1.45. The van der Waals surface area contributed by atoms with Gasteiger partial charge in [-0.2, -0.15) is 0 Å². The van der Waals surface area contributed by atoms with E-state index in [9.17, 15) is 14.4 Å². The topological polar surface area (TPSA) is 78.5 Å². The molecular formula is C39H35N3O3S. The number of nitrogens with zero attached hydrogens (tertiary/aromatic N) is 1. The second-order valence-electron chi connectivity index (χ2n) is 10.6. The van der Waals surface area contributed by atoms with Crippen LogP contribution in [0.4, 0.5) is 17.1 Å². The van der Waals surface area contributed by atoms with E-state index in [1.165, 1.54) is 11.8 Å². The summed E-state index contributed by atoms with van der Waals surface area (Å²) in [5, 5.41) is 5.36. The average Bonchev–Trinajstić information content (AvgIpc) is 3.09. The summed E-state index contributed by atoms with van der Waals surface area (Å²) in [6, 6.07) is 43.1. The average molecular weight is 626 g/mol. The fourth-order valence-electron chi connectivity index (χ4n) is 4.87. The van der Waals surface area contributed by atoms with Crippen LogP contribution in [0.2, 0.25) is 0 Å². The lowest BCUT2D eigenvalue weighted by Crippen LogP contribution is -2.34. The molecule has 2 N–H and O–H groups in total. The second-order valence-corrected chi connectivity index (χ2v) is 11.9. The first kappa shape index (κ1) is 32.0. The number of carbonyl (C=O) groups excluding carboxylic acids is 3. The molecule has 5 rings (SSSR count). The van der Waals surface area contributed by atoms with Crippen LogP contribution in [0.5, 0.6) is 0 Å². The Balaban J connectivity index is 1.37. The molecule has 0 fully saturated rings. The van der Waals surface area contributed by atoms with Crippen molar-refractivity contribution in [3.8, 4) is 0 Å². The van der Waals surface area contributed by atoms with E-state index in [4.69, 9.17) is 0 Å². The van der Waals surface area contributed by atoms with E-state index >= 15 is 0 Å². The van der Waals surface area contributed by atoms with Crippen LogP contribution in [-0.4, -0.2) is 23.0 Å². The van der Waals surface area contributed by atoms with Crippen molar-refractivity contribution in [1.29, 1.82) is 0 Å². The number of para-hydroxylation sites is 2. The van der Waals surface area contributed by atoms with Gasteiger partial charge in [0.05, 0.1) is 5.25 Å². The molecule has 3 amide bonds. The quantitative estimate of drug-likeness (QED) is 0.114. The number of amides is 3. The minimum atomic E-state index is -0.461. The molecule has 1 unspecified atom stereocenters. The minimum Gasteiger partial charge on any atom is -0.321 e. The van der Waals surface area contributed by atoms with E-state index in [1.807, 2.05) is 123 Å². The van der Waals surface area contributed by atoms with Crippen LogP contribution in [0.1, 0.15) is 34.8 Å². The highest BCUT2D eigenvalue weighted by Gasteiger charge is 2.27. The number of hydrogen-bond acceptors (Lipinski definition) is 4. The number of anilines is 3. The van der Waals surface area contributed by atoms with E-state index < -0.39 is 5.91 Å². The first-order valence-electron chi connectivity index (χ1n) is 15.1. The number of hydrogen-bond donors (Lipinski definition) is 2. The van der Waals surface area contributed by atoms with Gasteiger partial charge in [0, 0.05) is 27.5 Å². The van der Waals surface area contributed by atoms with Gasteiger partial charge < -0.3 is 10.6 Å². The first-order valence-corrected chi connectivity index (χ1v) is 16.0. The third kappa shape index (κ3) is 8.20. The Morgan fingerprint density at radius 3 is 1.93 bits per heavy atom. The molecule has 0 aliphatic carbocycles. The van der Waals surface area contributed by atoms with E-state index in [0.717, 1.165) is 27.4 Å². The molecule has 0 aliphatic heterocycles. The lowest BCUT2D eigenvalue weighted by atomic mass is 10.1. The molecule has 0 radical (unpaired) electrons. The SMILES string of the molecule is CCC(Sc1cccc(NC(=O)/C(=C/c2ccccc2C)NC(=O)c2ccccc2)c1)C(=O)N(c1ccccc1)c1ccccc1. The molecule has 7 heteroatoms. The van der Waals surface area contributed by atoms with Crippen LogP contribution < -0.4 is 15.5 Å². The van der Waals surface area contributed by atoms with E-state index in [-0.39, 0.29) is 22.8 Å². The molecule has 0 bridgehead atoms. The highest BCUT2D eigenvalue weighted by Crippen LogP contribution is 2.33. The van der Waals surface area contributed by atoms with Crippen LogP contribution in [0.3, 0.4) is 0 Å². The highest BCUT2D eigenvalue weighted by molar-refractivity contribution is 8.00. The number of rotatable bonds is 11. The van der Waals surface area contributed by atoms with Gasteiger partial charge in [0.2, 0.25) is 5.91 Å². The van der Waals surface area contributed by atoms with Crippen molar-refractivity contribution >= 4 is 52.6 Å². The van der Waals surface area contributed by atoms with Crippen molar-refractivity contribution in [1.82, 2.24) is 5.32 Å². The lowest BCUT2D eigenvalue weighted by molar-refractivity contribution is -0.117. The smallest absolute Gasteiger partial charge is 0.272 e. The Hall–Kier alpha value is -5.40. The molecule has 46 heavy (non-hydrogen) atoms. The second kappa shape index (κ2) is 15.5. The molecular weight excluding hydrogens is 591 g/mol. The fourth-order valence-corrected chi connectivity index (χ4v) is 5.92. The summed E-state index contributed by atoms with van der Waals surface area (Å²) in [5.41, 5.74) is 4.48. The molecule has 0 heterocycles. The predicted molar refractivity (Wildman–Crippen MR) is 188 cm³/mol. The molecule has 5 aromatic carbocycles. The summed E-state index contributed by atoms with van der Waals surface area (Å²) in [6.07, 6.45) is 2.28. The molecule has 5 aromatic rings. The van der Waals surface area contributed by atoms with E-state index in [1.54, 1.807) is 41.3 Å². The third-order valence-electron chi connectivity index (χ3n) is 7.28. The van der Waals surface area contributed by atoms with Gasteiger partial charge in [-0.1, -0.05) is 91.9 Å². The van der Waals surface area contributed by atoms with Crippen molar-refractivity contribution in [2.24, 2.45) is 0 Å². The number of aryl methyl sites for hydroxylation is 1. The highest BCUT2D eigenvalue weighted by atomic mass is 32.2. The Labute approximate surface area is 274 Å². The van der Waals surface area contributed by atoms with Gasteiger partial charge in [-0.15, -0.1) is 11.8 Å². The maximum Gasteiger partial charge on any atom is 0.272 e. The van der Waals surface area contributed by atoms with Crippen molar-refractivity contribution < 1.29 is 14.4 Å². The Morgan fingerprint density at radius 1 is 0.739 bits per heavy atom. The lowest BCUT2D eigenvalue weighted by Gasteiger charge is -2.27. The van der Waals surface area contributed by atoms with E-state index in [0.29, 0.717) is 17.7 Å². The number of carbonyl (C=O) groups is 3. The zero-order valence-corrected chi connectivity index (χ0v) is 26.5. The van der Waals surface area contributed by atoms with Crippen molar-refractivity contribution in [2.75, 3.05) is 10.2 Å². The number of nitrogens with one attached hydrogen (secondary N) is 2. The van der Waals surface area contributed by atoms with Gasteiger partial charge in [-0.05, 0) is 85.1 Å². The Bertz CT molecular complexity index is 1790. The van der Waals surface area contributed by atoms with Crippen molar-refractivity contribution in [3.63, 3.8) is 0 Å². The van der Waals surface area contributed by atoms with Crippen LogP contribution in [0.15, 0.2) is 150 Å². The summed E-state index contributed by atoms with van der Waals surface area (Å²) in [7, 11) is 0. The van der Waals surface area contributed by atoms with Crippen LogP contribution in [-0.2, 0) is 9.59 Å². The molecule has 0 aromatic heterocycles. The van der Waals surface area contributed by atoms with Gasteiger partial charge in [0.1, 0.15) is 5.70 Å². The van der Waals surface area contributed by atoms with Gasteiger partial charge in [0.25, 0.3) is 11.8 Å². The molecule has 6 nitrogen and oxygen atoms in total. The van der Waals surface area contributed by atoms with Crippen molar-refractivity contribution in [2.45, 2.75) is 30.4 Å². The summed E-state index contributed by atoms with van der Waals surface area (Å²) in [4.78, 5) is 43.3. The molecule has 0 aliphatic rings. The zero-order valence-electron chi connectivity index (χ0n) is 25.7. The van der Waals surface area contributed by atoms with Crippen molar-refractivity contribution in [3.05, 3.63) is 162 Å². The van der Waals surface area contributed by atoms with Gasteiger partial charge in [0.15, 0.2) is 0 Å². The number of benzene rings is 5. The summed E-state index contributed by atoms with van der Waals surface area (Å²) in [5.74, 6) is -0.880. The van der Waals surface area contributed by atoms with E-state index in [2.05, 4.69) is 10.6 Å². The van der Waals surface area contributed by atoms with Crippen LogP contribution in [0, 0.1) is 6.92 Å². The summed E-state index contributed by atoms with van der Waals surface area (Å²) < 4.78 is 0. The largest absolute Gasteiger partial charge is 0.321 e. The summed E-state index contributed by atoms with van der Waals surface area (Å²) in [6.45, 7) is 3.94. The standard InChI is InChI=1S/C39H35N3O3S/c1-3-36(39(45)42(32-21-9-5-10-22-32)33-23-11-6-12-24-33)46-34-25-15-20-31(27-34)40-38(44)35(26-30-19-14-13-16-28(30)2)41-37(43)29-17-7-4-8-18-29/h4-27,36H,3H2,1-2H3,(H,40,44)(H,41,43)/b35-26-. The fraction of sp³-hybridized carbons (Fsp3) is 0.103. The Morgan fingerprint density at radius 2 is 1.33 bits per heavy atom. The van der Waals surface area contributed by atoms with Crippen LogP contribution in [0.25, 0.3) is 6.08 Å². The Kier molecular flexibility index (Phi) is 10.8. The zero-order chi connectivity index (χ0) is 32.3. The molecule has 0 spiro atoms. The minimum absolute atomic E-state index is 0.0357. The first-order chi connectivity index (χ1) is 22.4. The van der Waals surface area contributed by atoms with Crippen LogP contribution >= 0.6 is 11.8 Å². The maximum absolute atomic E-state index is 14.0. The molecule has 0 saturated heterocycles. The van der Waals surface area contributed by atoms with Gasteiger partial charge in [-0.3, -0.25) is 19.3 Å². The normalized spacial score (nSPS) is 11.7.